The summed E-state index contributed by atoms with van der Waals surface area (Å²) in [7, 11) is 0. The summed E-state index contributed by atoms with van der Waals surface area (Å²) in [4.78, 5) is 29.2. The summed E-state index contributed by atoms with van der Waals surface area (Å²) in [5, 5.41) is 13.0. The summed E-state index contributed by atoms with van der Waals surface area (Å²) >= 11 is 0. The second-order valence-corrected chi connectivity index (χ2v) is 8.97. The molecule has 0 saturated carbocycles. The first-order valence-corrected chi connectivity index (χ1v) is 12.1. The van der Waals surface area contributed by atoms with Crippen molar-refractivity contribution in [2.75, 3.05) is 37.9 Å². The lowest BCUT2D eigenvalue weighted by atomic mass is 10.1. The zero-order chi connectivity index (χ0) is 26.1. The fourth-order valence-electron chi connectivity index (χ4n) is 4.49. The van der Waals surface area contributed by atoms with E-state index in [9.17, 15) is 14.0 Å². The Kier molecular flexibility index (Phi) is 6.16. The van der Waals surface area contributed by atoms with Crippen LogP contribution in [0.3, 0.4) is 0 Å². The van der Waals surface area contributed by atoms with E-state index >= 15 is 0 Å². The van der Waals surface area contributed by atoms with Crippen molar-refractivity contribution < 1.29 is 18.7 Å². The number of hydrogen-bond acceptors (Lipinski definition) is 8. The van der Waals surface area contributed by atoms with Crippen molar-refractivity contribution in [2.24, 2.45) is 0 Å². The highest BCUT2D eigenvalue weighted by Crippen LogP contribution is 2.35. The molecule has 2 aromatic carbocycles. The lowest BCUT2D eigenvalue weighted by Gasteiger charge is -2.35. The van der Waals surface area contributed by atoms with Gasteiger partial charge in [0.05, 0.1) is 12.2 Å². The fraction of sp³-hybridized carbons (Fsp3) is 0.222. The van der Waals surface area contributed by atoms with Gasteiger partial charge in [0.2, 0.25) is 6.79 Å². The molecule has 2 aliphatic rings. The summed E-state index contributed by atoms with van der Waals surface area (Å²) in [6.07, 6.45) is 0. The molecule has 0 aliphatic carbocycles. The zero-order valence-corrected chi connectivity index (χ0v) is 20.3. The van der Waals surface area contributed by atoms with E-state index in [0.29, 0.717) is 43.2 Å². The highest BCUT2D eigenvalue weighted by molar-refractivity contribution is 5.92. The molecule has 0 spiro atoms. The maximum atomic E-state index is 13.5. The number of fused-ring (bicyclic) bond motifs is 1. The van der Waals surface area contributed by atoms with Crippen LogP contribution in [0.25, 0.3) is 11.3 Å². The van der Waals surface area contributed by atoms with Crippen LogP contribution >= 0.6 is 0 Å². The Morgan fingerprint density at radius 1 is 0.895 bits per heavy atom. The minimum Gasteiger partial charge on any atom is -0.454 e. The van der Waals surface area contributed by atoms with Crippen molar-refractivity contribution in [2.45, 2.75) is 6.54 Å². The van der Waals surface area contributed by atoms with Gasteiger partial charge in [-0.3, -0.25) is 9.59 Å². The lowest BCUT2D eigenvalue weighted by Crippen LogP contribution is -2.49. The number of anilines is 1. The Hall–Kier alpha value is -4.80. The normalized spacial score (nSPS) is 14.6. The molecule has 11 heteroatoms. The van der Waals surface area contributed by atoms with Crippen LogP contribution in [0.4, 0.5) is 10.2 Å². The third kappa shape index (κ3) is 4.77. The average Bonchev–Trinajstić information content (AvgIpc) is 3.42. The van der Waals surface area contributed by atoms with Crippen molar-refractivity contribution in [1.82, 2.24) is 24.9 Å². The number of amides is 1. The highest BCUT2D eigenvalue weighted by Gasteiger charge is 2.25. The molecule has 2 aliphatic heterocycles. The van der Waals surface area contributed by atoms with Crippen LogP contribution in [-0.4, -0.2) is 63.8 Å². The van der Waals surface area contributed by atoms with E-state index in [0.717, 1.165) is 17.1 Å². The lowest BCUT2D eigenvalue weighted by molar-refractivity contribution is 0.0737. The minimum atomic E-state index is -0.395. The highest BCUT2D eigenvalue weighted by atomic mass is 19.1. The molecule has 4 heterocycles. The number of halogens is 1. The predicted molar refractivity (Wildman–Crippen MR) is 136 cm³/mol. The van der Waals surface area contributed by atoms with Gasteiger partial charge in [0, 0.05) is 37.8 Å². The number of benzene rings is 2. The number of carbonyl (C=O) groups is 1. The van der Waals surface area contributed by atoms with E-state index < -0.39 is 5.82 Å². The van der Waals surface area contributed by atoms with Gasteiger partial charge >= 0.3 is 0 Å². The summed E-state index contributed by atoms with van der Waals surface area (Å²) in [5.74, 6) is 1.47. The molecular formula is C27H23FN6O4. The largest absolute Gasteiger partial charge is 0.454 e. The van der Waals surface area contributed by atoms with E-state index in [1.54, 1.807) is 17.0 Å². The van der Waals surface area contributed by atoms with E-state index in [2.05, 4.69) is 20.2 Å². The second-order valence-electron chi connectivity index (χ2n) is 8.97. The molecule has 2 aromatic heterocycles. The molecule has 1 fully saturated rings. The van der Waals surface area contributed by atoms with Crippen LogP contribution in [0, 0.1) is 5.82 Å². The summed E-state index contributed by atoms with van der Waals surface area (Å²) in [5.41, 5.74) is 2.00. The van der Waals surface area contributed by atoms with Gasteiger partial charge in [0.1, 0.15) is 11.5 Å². The zero-order valence-electron chi connectivity index (χ0n) is 20.3. The van der Waals surface area contributed by atoms with Crippen LogP contribution < -0.4 is 19.9 Å². The van der Waals surface area contributed by atoms with Gasteiger partial charge in [-0.2, -0.15) is 5.10 Å². The van der Waals surface area contributed by atoms with Gasteiger partial charge < -0.3 is 19.3 Å². The number of carbonyl (C=O) groups excluding carboxylic acids is 1. The average molecular weight is 515 g/mol. The predicted octanol–water partition coefficient (Wildman–Crippen LogP) is 2.58. The van der Waals surface area contributed by atoms with E-state index in [4.69, 9.17) is 9.47 Å². The molecular weight excluding hydrogens is 491 g/mol. The monoisotopic (exact) mass is 514 g/mol. The Balaban J connectivity index is 1.10. The van der Waals surface area contributed by atoms with Gasteiger partial charge in [-0.1, -0.05) is 12.1 Å². The van der Waals surface area contributed by atoms with Crippen LogP contribution in [0.15, 0.2) is 71.5 Å². The Labute approximate surface area is 216 Å². The molecule has 6 rings (SSSR count). The molecule has 10 nitrogen and oxygen atoms in total. The molecule has 0 bridgehead atoms. The van der Waals surface area contributed by atoms with Crippen molar-refractivity contribution >= 4 is 11.7 Å². The molecule has 0 radical (unpaired) electrons. The standard InChI is InChI=1S/C27H23FN6O4/c28-20-3-1-2-18(14-20)16-34-26(35)9-6-22(31-34)27(36)33-12-10-32(11-13-33)25-8-5-21(29-30-25)19-4-7-23-24(15-19)38-17-37-23/h1-9,14-15H,10-13,16-17H2. The molecule has 0 N–H and O–H groups in total. The number of rotatable bonds is 5. The van der Waals surface area contributed by atoms with Gasteiger partial charge in [-0.15, -0.1) is 10.2 Å². The van der Waals surface area contributed by atoms with Crippen molar-refractivity contribution in [1.29, 1.82) is 0 Å². The first-order chi connectivity index (χ1) is 18.5. The van der Waals surface area contributed by atoms with Crippen molar-refractivity contribution in [3.8, 4) is 22.8 Å². The fourth-order valence-corrected chi connectivity index (χ4v) is 4.49. The number of hydrogen-bond donors (Lipinski definition) is 0. The molecule has 38 heavy (non-hydrogen) atoms. The first kappa shape index (κ1) is 23.6. The Morgan fingerprint density at radius 2 is 1.74 bits per heavy atom. The molecule has 192 valence electrons. The maximum absolute atomic E-state index is 13.5. The SMILES string of the molecule is O=C(c1ccc(=O)n(Cc2cccc(F)c2)n1)N1CCN(c2ccc(-c3ccc4c(c3)OCO4)nn2)CC1. The van der Waals surface area contributed by atoms with E-state index in [-0.39, 0.29) is 30.5 Å². The second kappa shape index (κ2) is 9.92. The van der Waals surface area contributed by atoms with Gasteiger partial charge in [-0.05, 0) is 54.1 Å². The molecule has 4 aromatic rings. The first-order valence-electron chi connectivity index (χ1n) is 12.1. The maximum Gasteiger partial charge on any atom is 0.274 e. The van der Waals surface area contributed by atoms with E-state index in [1.807, 2.05) is 30.3 Å². The topological polar surface area (TPSA) is 103 Å². The van der Waals surface area contributed by atoms with Crippen LogP contribution in [0.2, 0.25) is 0 Å². The van der Waals surface area contributed by atoms with Gasteiger partial charge in [0.25, 0.3) is 11.5 Å². The quantitative estimate of drug-likeness (QED) is 0.401. The van der Waals surface area contributed by atoms with Crippen molar-refractivity contribution in [3.63, 3.8) is 0 Å². The van der Waals surface area contributed by atoms with Gasteiger partial charge in [-0.25, -0.2) is 9.07 Å². The molecule has 0 unspecified atom stereocenters. The van der Waals surface area contributed by atoms with Crippen molar-refractivity contribution in [3.05, 3.63) is 94.2 Å². The molecule has 0 atom stereocenters. The molecule has 1 saturated heterocycles. The smallest absolute Gasteiger partial charge is 0.274 e. The minimum absolute atomic E-state index is 0.0758. The summed E-state index contributed by atoms with van der Waals surface area (Å²) in [6.45, 7) is 2.38. The third-order valence-electron chi connectivity index (χ3n) is 6.52. The number of aromatic nitrogens is 4. The van der Waals surface area contributed by atoms with Crippen LogP contribution in [0.5, 0.6) is 11.5 Å². The van der Waals surface area contributed by atoms with Crippen LogP contribution in [-0.2, 0) is 6.54 Å². The Morgan fingerprint density at radius 3 is 2.53 bits per heavy atom. The van der Waals surface area contributed by atoms with Crippen LogP contribution in [0.1, 0.15) is 16.1 Å². The third-order valence-corrected chi connectivity index (χ3v) is 6.52. The molecule has 1 amide bonds. The number of ether oxygens (including phenoxy) is 2. The van der Waals surface area contributed by atoms with E-state index in [1.165, 1.54) is 28.9 Å². The Bertz CT molecular complexity index is 1550. The number of nitrogens with zero attached hydrogens (tertiary/aromatic N) is 6. The summed E-state index contributed by atoms with van der Waals surface area (Å²) < 4.78 is 25.5. The van der Waals surface area contributed by atoms with Gasteiger partial charge in [0.15, 0.2) is 17.3 Å². The summed E-state index contributed by atoms with van der Waals surface area (Å²) in [6, 6.07) is 18.2. The number of piperazine rings is 1.